The first-order valence-electron chi connectivity index (χ1n) is 34.9. The molecule has 0 aliphatic rings. The third-order valence-electron chi connectivity index (χ3n) is 18.7. The lowest BCUT2D eigenvalue weighted by Crippen LogP contribution is -1.99. The van der Waals surface area contributed by atoms with Crippen LogP contribution in [0.15, 0.2) is 247 Å². The van der Waals surface area contributed by atoms with Crippen molar-refractivity contribution in [2.75, 3.05) is 33.4 Å². The zero-order valence-corrected chi connectivity index (χ0v) is 57.9. The fourth-order valence-corrected chi connectivity index (χ4v) is 14.0. The highest BCUT2D eigenvalue weighted by molar-refractivity contribution is 6.12. The topological polar surface area (TPSA) is 146 Å². The Hall–Kier alpha value is -12.5. The number of rotatable bonds is 19. The van der Waals surface area contributed by atoms with Crippen LogP contribution in [0.4, 0.5) is 22.0 Å². The van der Waals surface area contributed by atoms with Crippen molar-refractivity contribution < 1.29 is 30.8 Å². The highest BCUT2D eigenvalue weighted by Gasteiger charge is 2.18. The van der Waals surface area contributed by atoms with E-state index in [9.17, 15) is 22.0 Å². The maximum Gasteiger partial charge on any atom is 0.249 e. The Labute approximate surface area is 601 Å². The molecule has 20 heteroatoms. The third-order valence-corrected chi connectivity index (χ3v) is 18.7. The molecule has 0 atom stereocenters. The van der Waals surface area contributed by atoms with Crippen molar-refractivity contribution in [1.29, 1.82) is 0 Å². The minimum Gasteiger partial charge on any atom is -0.464 e. The number of pyridine rings is 3. The highest BCUT2D eigenvalue weighted by atomic mass is 19.1. The van der Waals surface area contributed by atoms with Crippen molar-refractivity contribution in [2.24, 2.45) is 0 Å². The van der Waals surface area contributed by atoms with Gasteiger partial charge in [-0.3, -0.25) is 26.9 Å². The predicted molar refractivity (Wildman–Crippen MR) is 412 cm³/mol. The van der Waals surface area contributed by atoms with Crippen molar-refractivity contribution in [2.45, 2.75) is 71.8 Å². The summed E-state index contributed by atoms with van der Waals surface area (Å²) in [7, 11) is 0. The number of furan rings is 1. The van der Waals surface area contributed by atoms with Gasteiger partial charge >= 0.3 is 0 Å². The summed E-state index contributed by atoms with van der Waals surface area (Å²) in [6.07, 6.45) is 19.4. The summed E-state index contributed by atoms with van der Waals surface area (Å²) >= 11 is 0. The van der Waals surface area contributed by atoms with Crippen molar-refractivity contribution >= 4 is 115 Å². The first kappa shape index (κ1) is 69.6. The van der Waals surface area contributed by atoms with Gasteiger partial charge in [0.15, 0.2) is 0 Å². The van der Waals surface area contributed by atoms with E-state index in [0.717, 1.165) is 127 Å². The van der Waals surface area contributed by atoms with Crippen LogP contribution in [0.3, 0.4) is 0 Å². The molecule has 18 aromatic rings. The number of allylic oxidation sites excluding steroid dienone is 1. The van der Waals surface area contributed by atoms with Crippen LogP contribution in [0.1, 0.15) is 50.3 Å². The van der Waals surface area contributed by atoms with E-state index < -0.39 is 0 Å². The molecular weight excluding hydrogens is 1330 g/mol. The van der Waals surface area contributed by atoms with E-state index in [4.69, 9.17) is 15.3 Å². The van der Waals surface area contributed by atoms with Gasteiger partial charge in [-0.25, -0.2) is 19.6 Å². The van der Waals surface area contributed by atoms with Gasteiger partial charge in [0.05, 0.1) is 79.3 Å². The summed E-state index contributed by atoms with van der Waals surface area (Å²) in [4.78, 5) is 17.4. The van der Waals surface area contributed by atoms with Gasteiger partial charge in [0.1, 0.15) is 29.7 Å². The molecule has 18 rings (SSSR count). The third kappa shape index (κ3) is 14.3. The summed E-state index contributed by atoms with van der Waals surface area (Å²) in [5.74, 6) is 3.91. The average molecular weight is 1400 g/mol. The molecule has 0 amide bonds. The summed E-state index contributed by atoms with van der Waals surface area (Å²) in [6.45, 7) is 7.63. The number of hydrogen-bond donors (Lipinski definition) is 0. The van der Waals surface area contributed by atoms with Crippen molar-refractivity contribution in [3.8, 4) is 40.8 Å². The minimum atomic E-state index is -0.339. The average Bonchev–Trinajstić information content (AvgIpc) is 1.64. The van der Waals surface area contributed by atoms with Crippen molar-refractivity contribution in [3.63, 3.8) is 0 Å². The van der Waals surface area contributed by atoms with Crippen molar-refractivity contribution in [3.05, 3.63) is 250 Å². The van der Waals surface area contributed by atoms with E-state index in [0.29, 0.717) is 70.7 Å². The molecule has 0 fully saturated rings. The SMILES string of the molecule is C#Cc1cnc2c(c1)c1ccccc1n2CCCF.C=C(C)c1cc2c3ccccc3n(CCCF)c2cn1.FCCCn1c2ccccc2c2cc(-c3ccco3)ccc21.FCCCn1c2ccccc2c2cc(-c3nnco3)cnc21.FCCCn1c2ccccc2c2cc(-n3cncn3)ccc21. The van der Waals surface area contributed by atoms with Gasteiger partial charge < -0.3 is 31.7 Å². The molecule has 0 bridgehead atoms. The molecule has 105 heavy (non-hydrogen) atoms. The Bertz CT molecular complexity index is 5690. The van der Waals surface area contributed by atoms with Gasteiger partial charge in [-0.1, -0.05) is 103 Å². The number of nitrogens with zero attached hydrogens (tertiary/aromatic N) is 13. The number of aryl methyl sites for hydroxylation is 5. The van der Waals surface area contributed by atoms with E-state index in [-0.39, 0.29) is 33.4 Å². The van der Waals surface area contributed by atoms with E-state index in [2.05, 4.69) is 143 Å². The summed E-state index contributed by atoms with van der Waals surface area (Å²) in [6, 6.07) is 63.3. The van der Waals surface area contributed by atoms with Gasteiger partial charge in [-0.2, -0.15) is 5.10 Å². The Morgan fingerprint density at radius 2 is 0.895 bits per heavy atom. The van der Waals surface area contributed by atoms with Crippen LogP contribution in [0.25, 0.3) is 143 Å². The number of halogens is 5. The number of para-hydroxylation sites is 5. The maximum absolute atomic E-state index is 12.6. The smallest absolute Gasteiger partial charge is 0.249 e. The van der Waals surface area contributed by atoms with Gasteiger partial charge in [0.25, 0.3) is 0 Å². The Kier molecular flexibility index (Phi) is 21.4. The van der Waals surface area contributed by atoms with E-state index in [1.54, 1.807) is 29.7 Å². The second kappa shape index (κ2) is 32.2. The van der Waals surface area contributed by atoms with Crippen LogP contribution in [0, 0.1) is 12.3 Å². The fourth-order valence-electron chi connectivity index (χ4n) is 14.0. The molecule has 7 aromatic carbocycles. The molecule has 0 saturated carbocycles. The van der Waals surface area contributed by atoms with Gasteiger partial charge in [-0.15, -0.1) is 16.6 Å². The first-order valence-corrected chi connectivity index (χ1v) is 34.9. The van der Waals surface area contributed by atoms with Gasteiger partial charge in [0, 0.05) is 138 Å². The molecule has 0 unspecified atom stereocenters. The molecular formula is C85H74F5N13O2. The van der Waals surface area contributed by atoms with Gasteiger partial charge in [-0.05, 0) is 142 Å². The number of hydrogen-bond acceptors (Lipinski definition) is 9. The van der Waals surface area contributed by atoms with Crippen LogP contribution in [0.5, 0.6) is 0 Å². The quantitative estimate of drug-likeness (QED) is 0.0570. The summed E-state index contributed by atoms with van der Waals surface area (Å²) in [5.41, 5.74) is 16.0. The maximum atomic E-state index is 12.6. The molecule has 0 saturated heterocycles. The molecule has 0 aliphatic heterocycles. The van der Waals surface area contributed by atoms with Crippen LogP contribution in [-0.2, 0) is 32.7 Å². The zero-order valence-electron chi connectivity index (χ0n) is 57.9. The number of terminal acetylenes is 1. The summed E-state index contributed by atoms with van der Waals surface area (Å²) in [5, 5.41) is 23.1. The van der Waals surface area contributed by atoms with E-state index >= 15 is 0 Å². The number of benzene rings is 7. The first-order chi connectivity index (χ1) is 51.7. The fraction of sp³-hybridized carbons (Fsp3) is 0.188. The van der Waals surface area contributed by atoms with Crippen LogP contribution in [0.2, 0.25) is 0 Å². The lowest BCUT2D eigenvalue weighted by Gasteiger charge is -2.06. The number of fused-ring (bicyclic) bond motifs is 15. The molecule has 15 nitrogen and oxygen atoms in total. The molecule has 526 valence electrons. The molecule has 0 N–H and O–H groups in total. The molecule has 0 spiro atoms. The second-order valence-corrected chi connectivity index (χ2v) is 25.3. The normalized spacial score (nSPS) is 11.4. The largest absolute Gasteiger partial charge is 0.464 e. The predicted octanol–water partition coefficient (Wildman–Crippen LogP) is 20.9. The minimum absolute atomic E-state index is 0.293. The van der Waals surface area contributed by atoms with Crippen LogP contribution in [-0.4, -0.2) is 96.1 Å². The lowest BCUT2D eigenvalue weighted by molar-refractivity contribution is 0.452. The highest BCUT2D eigenvalue weighted by Crippen LogP contribution is 2.37. The lowest BCUT2D eigenvalue weighted by atomic mass is 10.1. The van der Waals surface area contributed by atoms with Crippen molar-refractivity contribution in [1.82, 2.24) is 62.7 Å². The van der Waals surface area contributed by atoms with E-state index in [1.807, 2.05) is 128 Å². The summed E-state index contributed by atoms with van der Waals surface area (Å²) < 4.78 is 85.9. The molecule has 11 aromatic heterocycles. The Morgan fingerprint density at radius 3 is 1.38 bits per heavy atom. The number of alkyl halides is 5. The Balaban J connectivity index is 0.000000111. The Morgan fingerprint density at radius 1 is 0.438 bits per heavy atom. The second-order valence-electron chi connectivity index (χ2n) is 25.3. The molecule has 0 aliphatic carbocycles. The van der Waals surface area contributed by atoms with Gasteiger partial charge in [0.2, 0.25) is 12.3 Å². The molecule has 11 heterocycles. The van der Waals surface area contributed by atoms with E-state index in [1.165, 1.54) is 34.3 Å². The van der Waals surface area contributed by atoms with Crippen LogP contribution < -0.4 is 0 Å². The number of aromatic nitrogens is 13. The van der Waals surface area contributed by atoms with Crippen LogP contribution >= 0.6 is 0 Å². The zero-order chi connectivity index (χ0) is 72.2. The monoisotopic (exact) mass is 1400 g/mol. The molecule has 0 radical (unpaired) electrons. The standard InChI is InChI=1S/C19H16FNO.C17H15FN4.C17H17FN2.C16H13FN4O.C16H13FN2/c20-10-4-11-21-17-6-2-1-5-15(17)16-13-14(8-9-18(16)21)19-7-3-12-22-19;18-8-3-9-21-16-5-2-1-4-14(16)15-10-13(6-7-17(15)21)22-12-19-11-20-22;1-12(2)15-10-14-13-6-3-4-7-16(13)20(9-5-8-18)17(14)11-19-15;17-6-3-7-21-14-5-2-1-4-12(14)13-8-11(9-18-15(13)21)16-20-19-10-22-16;1-2-12-10-14-13-6-3-4-7-15(13)19(9-5-8-17)16(14)18-11-12/h1-3,5-9,12-13H,4,10-11H2;1-2,4-7,10-12H,3,8-9H2;3-4,6-7,10-11H,1,5,8-9H2,2H3;1-2,4-5,8-10H,3,6-7H2;1,3-4,6-7,10-11H,5,8-9H2.